The van der Waals surface area contributed by atoms with Crippen LogP contribution in [0.1, 0.15) is 32.6 Å². The van der Waals surface area contributed by atoms with E-state index in [2.05, 4.69) is 42.3 Å². The van der Waals surface area contributed by atoms with Crippen LogP contribution in [0.4, 0.5) is 21.8 Å². The van der Waals surface area contributed by atoms with Crippen molar-refractivity contribution >= 4 is 40.1 Å². The lowest BCUT2D eigenvalue weighted by Crippen LogP contribution is -2.45. The fraction of sp³-hybridized carbons (Fsp3) is 0.520. The molecule has 2 aliphatic heterocycles. The highest BCUT2D eigenvalue weighted by molar-refractivity contribution is 6.31. The van der Waals surface area contributed by atoms with Gasteiger partial charge in [-0.15, -0.1) is 0 Å². The standard InChI is InChI=1S/C25H32ClFN8/c1-2-28-18-7-9-34(10-8-18)15-17-5-11-35(12-6-17)25-29-14-22-23(33-25)24(31-16-30-22)32-19-3-4-21(27)20(26)13-19/h3-4,13-14,16-18,28H,2,5-12,15H2,1H3,(H,30,31,32). The third-order valence-corrected chi connectivity index (χ3v) is 7.33. The summed E-state index contributed by atoms with van der Waals surface area (Å²) >= 11 is 5.93. The quantitative estimate of drug-likeness (QED) is 0.500. The Morgan fingerprint density at radius 1 is 1.06 bits per heavy atom. The smallest absolute Gasteiger partial charge is 0.226 e. The number of fused-ring (bicyclic) bond motifs is 1. The minimum Gasteiger partial charge on any atom is -0.341 e. The Kier molecular flexibility index (Phi) is 7.55. The van der Waals surface area contributed by atoms with Gasteiger partial charge >= 0.3 is 0 Å². The summed E-state index contributed by atoms with van der Waals surface area (Å²) < 4.78 is 13.5. The van der Waals surface area contributed by atoms with E-state index in [-0.39, 0.29) is 5.02 Å². The number of anilines is 3. The number of hydrogen-bond acceptors (Lipinski definition) is 8. The van der Waals surface area contributed by atoms with E-state index < -0.39 is 5.82 Å². The summed E-state index contributed by atoms with van der Waals surface area (Å²) in [5, 5.41) is 6.82. The van der Waals surface area contributed by atoms with E-state index in [4.69, 9.17) is 16.6 Å². The highest BCUT2D eigenvalue weighted by atomic mass is 35.5. The van der Waals surface area contributed by atoms with Crippen LogP contribution < -0.4 is 15.5 Å². The molecule has 0 radical (unpaired) electrons. The molecule has 2 fully saturated rings. The minimum atomic E-state index is -0.462. The molecule has 0 bridgehead atoms. The van der Waals surface area contributed by atoms with Gasteiger partial charge in [0.1, 0.15) is 23.2 Å². The molecule has 0 aliphatic carbocycles. The molecule has 2 aromatic heterocycles. The Morgan fingerprint density at radius 2 is 1.86 bits per heavy atom. The average Bonchev–Trinajstić information content (AvgIpc) is 2.88. The molecule has 0 atom stereocenters. The molecule has 8 nitrogen and oxygen atoms in total. The van der Waals surface area contributed by atoms with Gasteiger partial charge in [-0.05, 0) is 69.4 Å². The number of likely N-dealkylation sites (tertiary alicyclic amines) is 1. The van der Waals surface area contributed by atoms with Gasteiger partial charge in [0.15, 0.2) is 5.82 Å². The van der Waals surface area contributed by atoms with Gasteiger partial charge in [-0.25, -0.2) is 24.3 Å². The summed E-state index contributed by atoms with van der Waals surface area (Å²) in [6.07, 6.45) is 7.98. The van der Waals surface area contributed by atoms with Crippen LogP contribution in [-0.4, -0.2) is 70.1 Å². The third-order valence-electron chi connectivity index (χ3n) is 7.04. The van der Waals surface area contributed by atoms with Crippen LogP contribution in [0, 0.1) is 11.7 Å². The van der Waals surface area contributed by atoms with Crippen LogP contribution in [0.5, 0.6) is 0 Å². The maximum atomic E-state index is 13.5. The summed E-state index contributed by atoms with van der Waals surface area (Å²) in [5.41, 5.74) is 1.91. The Morgan fingerprint density at radius 3 is 2.60 bits per heavy atom. The van der Waals surface area contributed by atoms with Crippen molar-refractivity contribution in [3.8, 4) is 0 Å². The zero-order valence-electron chi connectivity index (χ0n) is 20.1. The number of hydrogen-bond donors (Lipinski definition) is 2. The molecule has 10 heteroatoms. The van der Waals surface area contributed by atoms with Crippen LogP contribution in [0.2, 0.25) is 5.02 Å². The zero-order chi connectivity index (χ0) is 24.2. The molecule has 4 heterocycles. The van der Waals surface area contributed by atoms with Crippen LogP contribution in [0.25, 0.3) is 11.0 Å². The fourth-order valence-electron chi connectivity index (χ4n) is 5.09. The highest BCUT2D eigenvalue weighted by Crippen LogP contribution is 2.27. The van der Waals surface area contributed by atoms with E-state index in [0.29, 0.717) is 40.4 Å². The van der Waals surface area contributed by atoms with Gasteiger partial charge in [0.05, 0.1) is 11.2 Å². The molecular weight excluding hydrogens is 467 g/mol. The first-order valence-corrected chi connectivity index (χ1v) is 12.9. The van der Waals surface area contributed by atoms with Crippen LogP contribution >= 0.6 is 11.6 Å². The van der Waals surface area contributed by atoms with Crippen molar-refractivity contribution in [3.63, 3.8) is 0 Å². The van der Waals surface area contributed by atoms with Gasteiger partial charge in [0.25, 0.3) is 0 Å². The summed E-state index contributed by atoms with van der Waals surface area (Å²) in [4.78, 5) is 22.9. The maximum absolute atomic E-state index is 13.5. The molecule has 2 saturated heterocycles. The summed E-state index contributed by atoms with van der Waals surface area (Å²) in [5.74, 6) is 1.48. The van der Waals surface area contributed by atoms with Crippen molar-refractivity contribution in [2.75, 3.05) is 49.5 Å². The molecule has 1 aromatic carbocycles. The molecule has 2 N–H and O–H groups in total. The molecule has 0 spiro atoms. The number of nitrogens with zero attached hydrogens (tertiary/aromatic N) is 6. The monoisotopic (exact) mass is 498 g/mol. The summed E-state index contributed by atoms with van der Waals surface area (Å²) in [7, 11) is 0. The fourth-order valence-corrected chi connectivity index (χ4v) is 5.27. The first-order chi connectivity index (χ1) is 17.1. The lowest BCUT2D eigenvalue weighted by Gasteiger charge is -2.37. The SMILES string of the molecule is CCNC1CCN(CC2CCN(c3ncc4ncnc(Nc5ccc(F)c(Cl)c5)c4n3)CC2)CC1. The van der Waals surface area contributed by atoms with E-state index in [0.717, 1.165) is 32.5 Å². The van der Waals surface area contributed by atoms with Gasteiger partial charge in [0.2, 0.25) is 5.95 Å². The number of aromatic nitrogens is 4. The molecule has 0 amide bonds. The van der Waals surface area contributed by atoms with E-state index in [1.807, 2.05) is 0 Å². The Labute approximate surface area is 210 Å². The normalized spacial score (nSPS) is 18.3. The van der Waals surface area contributed by atoms with Gasteiger partial charge in [0, 0.05) is 31.4 Å². The van der Waals surface area contributed by atoms with E-state index >= 15 is 0 Å². The predicted octanol–water partition coefficient (Wildman–Crippen LogP) is 4.25. The van der Waals surface area contributed by atoms with E-state index in [1.54, 1.807) is 12.3 Å². The number of rotatable bonds is 7. The first-order valence-electron chi connectivity index (χ1n) is 12.5. The van der Waals surface area contributed by atoms with Crippen LogP contribution in [-0.2, 0) is 0 Å². The second kappa shape index (κ2) is 11.0. The molecule has 35 heavy (non-hydrogen) atoms. The van der Waals surface area contributed by atoms with Gasteiger partial charge in [-0.3, -0.25) is 0 Å². The number of benzene rings is 1. The van der Waals surface area contributed by atoms with Crippen molar-refractivity contribution in [1.82, 2.24) is 30.2 Å². The molecular formula is C25H32ClFN8. The van der Waals surface area contributed by atoms with Crippen LogP contribution in [0.3, 0.4) is 0 Å². The third kappa shape index (κ3) is 5.79. The summed E-state index contributed by atoms with van der Waals surface area (Å²) in [6, 6.07) is 5.15. The zero-order valence-corrected chi connectivity index (χ0v) is 20.8. The largest absolute Gasteiger partial charge is 0.341 e. The number of piperidine rings is 2. The summed E-state index contributed by atoms with van der Waals surface area (Å²) in [6.45, 7) is 8.70. The topological polar surface area (TPSA) is 82.1 Å². The van der Waals surface area contributed by atoms with Crippen molar-refractivity contribution < 1.29 is 4.39 Å². The van der Waals surface area contributed by atoms with E-state index in [9.17, 15) is 4.39 Å². The van der Waals surface area contributed by atoms with Crippen LogP contribution in [0.15, 0.2) is 30.7 Å². The molecule has 2 aliphatic rings. The number of nitrogens with one attached hydrogen (secondary N) is 2. The predicted molar refractivity (Wildman–Crippen MR) is 138 cm³/mol. The lowest BCUT2D eigenvalue weighted by atomic mass is 9.95. The minimum absolute atomic E-state index is 0.0496. The van der Waals surface area contributed by atoms with Gasteiger partial charge in [-0.2, -0.15) is 0 Å². The average molecular weight is 499 g/mol. The Balaban J connectivity index is 1.22. The second-order valence-electron chi connectivity index (χ2n) is 9.44. The first kappa shape index (κ1) is 24.1. The van der Waals surface area contributed by atoms with Crippen molar-refractivity contribution in [2.45, 2.75) is 38.6 Å². The molecule has 186 valence electrons. The molecule has 3 aromatic rings. The highest BCUT2D eigenvalue weighted by Gasteiger charge is 2.25. The van der Waals surface area contributed by atoms with Gasteiger partial charge in [-0.1, -0.05) is 18.5 Å². The molecule has 0 unspecified atom stereocenters. The molecule has 0 saturated carbocycles. The number of halogens is 2. The van der Waals surface area contributed by atoms with Crippen molar-refractivity contribution in [3.05, 3.63) is 41.6 Å². The van der Waals surface area contributed by atoms with Crippen molar-refractivity contribution in [1.29, 1.82) is 0 Å². The van der Waals surface area contributed by atoms with Crippen molar-refractivity contribution in [2.24, 2.45) is 5.92 Å². The Bertz CT molecular complexity index is 1150. The molecule has 5 rings (SSSR count). The van der Waals surface area contributed by atoms with Gasteiger partial charge < -0.3 is 20.4 Å². The maximum Gasteiger partial charge on any atom is 0.226 e. The Hall–Kier alpha value is -2.62. The second-order valence-corrected chi connectivity index (χ2v) is 9.85. The van der Waals surface area contributed by atoms with E-state index in [1.165, 1.54) is 50.9 Å². The lowest BCUT2D eigenvalue weighted by molar-refractivity contribution is 0.162.